The first kappa shape index (κ1) is 34.4. The first-order chi connectivity index (χ1) is 22.7. The quantitative estimate of drug-likeness (QED) is 0.0705. The van der Waals surface area contributed by atoms with Crippen LogP contribution in [0.15, 0.2) is 89.9 Å². The van der Waals surface area contributed by atoms with Gasteiger partial charge in [0.1, 0.15) is 18.1 Å². The van der Waals surface area contributed by atoms with Crippen LogP contribution in [0.25, 0.3) is 21.5 Å². The zero-order valence-electron chi connectivity index (χ0n) is 27.0. The first-order valence-electron chi connectivity index (χ1n) is 15.7. The number of nitrogens with zero attached hydrogens (tertiary/aromatic N) is 1. The number of primary amides is 1. The van der Waals surface area contributed by atoms with Gasteiger partial charge in [0, 0.05) is 40.4 Å². The fourth-order valence-electron chi connectivity index (χ4n) is 5.57. The van der Waals surface area contributed by atoms with Gasteiger partial charge < -0.3 is 32.3 Å². The molecule has 4 aromatic carbocycles. The van der Waals surface area contributed by atoms with E-state index in [1.165, 1.54) is 6.92 Å². The second kappa shape index (κ2) is 16.7. The number of guanidine groups is 1. The number of benzene rings is 4. The normalized spacial score (nSPS) is 13.3. The van der Waals surface area contributed by atoms with E-state index >= 15 is 0 Å². The average molecular weight is 638 g/mol. The molecule has 4 amide bonds. The summed E-state index contributed by atoms with van der Waals surface area (Å²) in [4.78, 5) is 56.3. The summed E-state index contributed by atoms with van der Waals surface area (Å²) in [6, 6.07) is 24.3. The van der Waals surface area contributed by atoms with Crippen LogP contribution < -0.4 is 32.3 Å². The number of fused-ring (bicyclic) bond motifs is 2. The van der Waals surface area contributed by atoms with Gasteiger partial charge in [-0.25, -0.2) is 0 Å². The minimum atomic E-state index is -1.01. The number of hydrogen-bond acceptors (Lipinski definition) is 5. The number of carbonyl (C=O) groups excluding carboxylic acids is 4. The number of carbonyl (C=O) groups is 4. The smallest absolute Gasteiger partial charge is 0.243 e. The summed E-state index contributed by atoms with van der Waals surface area (Å²) < 4.78 is 0. The molecule has 47 heavy (non-hydrogen) atoms. The molecule has 0 saturated carbocycles. The third-order valence-corrected chi connectivity index (χ3v) is 7.97. The van der Waals surface area contributed by atoms with E-state index in [0.717, 1.165) is 32.7 Å². The summed E-state index contributed by atoms with van der Waals surface area (Å²) in [6.45, 7) is 1.81. The highest BCUT2D eigenvalue weighted by molar-refractivity contribution is 5.95. The Kier molecular flexibility index (Phi) is 12.3. The molecule has 0 aliphatic rings. The van der Waals surface area contributed by atoms with Crippen molar-refractivity contribution in [3.63, 3.8) is 0 Å². The fraction of sp³-hybridized carbons (Fsp3) is 0.306. The SMILES string of the molecule is CN=C(NC)NCCC[C@H](NC(=O)[C@@H](Cc1cccc2ccccc12)NC(C)=O)C(=O)N[C@H](Cc1ccc2ccccc2c1)C(N)=O. The number of amides is 4. The molecular formula is C36H43N7O4. The van der Waals surface area contributed by atoms with Crippen molar-refractivity contribution in [3.8, 4) is 0 Å². The maximum Gasteiger partial charge on any atom is 0.243 e. The van der Waals surface area contributed by atoms with Crippen LogP contribution in [0.5, 0.6) is 0 Å². The molecule has 0 spiro atoms. The van der Waals surface area contributed by atoms with Crippen molar-refractivity contribution in [3.05, 3.63) is 96.1 Å². The van der Waals surface area contributed by atoms with Crippen LogP contribution in [0.4, 0.5) is 0 Å². The molecule has 246 valence electrons. The molecular weight excluding hydrogens is 594 g/mol. The van der Waals surface area contributed by atoms with Crippen LogP contribution in [-0.2, 0) is 32.0 Å². The van der Waals surface area contributed by atoms with E-state index in [0.29, 0.717) is 18.9 Å². The fourth-order valence-corrected chi connectivity index (χ4v) is 5.57. The van der Waals surface area contributed by atoms with Crippen molar-refractivity contribution in [1.29, 1.82) is 0 Å². The van der Waals surface area contributed by atoms with Crippen molar-refractivity contribution in [2.45, 2.75) is 50.7 Å². The van der Waals surface area contributed by atoms with Gasteiger partial charge in [-0.15, -0.1) is 0 Å². The Labute approximate surface area is 274 Å². The summed E-state index contributed by atoms with van der Waals surface area (Å²) in [5, 5.41) is 18.5. The zero-order valence-corrected chi connectivity index (χ0v) is 27.0. The lowest BCUT2D eigenvalue weighted by molar-refractivity contribution is -0.133. The second-order valence-corrected chi connectivity index (χ2v) is 11.4. The maximum absolute atomic E-state index is 13.8. The molecule has 0 bridgehead atoms. The van der Waals surface area contributed by atoms with Crippen LogP contribution in [0.1, 0.15) is 30.9 Å². The van der Waals surface area contributed by atoms with Gasteiger partial charge in [-0.05, 0) is 45.5 Å². The predicted octanol–water partition coefficient (Wildman–Crippen LogP) is 2.31. The molecule has 0 heterocycles. The maximum atomic E-state index is 13.8. The van der Waals surface area contributed by atoms with Crippen LogP contribution in [0, 0.1) is 0 Å². The molecule has 11 nitrogen and oxygen atoms in total. The third-order valence-electron chi connectivity index (χ3n) is 7.97. The molecule has 0 aliphatic heterocycles. The number of nitrogens with two attached hydrogens (primary N) is 1. The monoisotopic (exact) mass is 637 g/mol. The van der Waals surface area contributed by atoms with Gasteiger partial charge in [-0.3, -0.25) is 24.2 Å². The summed E-state index contributed by atoms with van der Waals surface area (Å²) in [6.07, 6.45) is 1.13. The van der Waals surface area contributed by atoms with Crippen molar-refractivity contribution < 1.29 is 19.2 Å². The Morgan fingerprint density at radius 2 is 1.40 bits per heavy atom. The van der Waals surface area contributed by atoms with Crippen molar-refractivity contribution in [2.24, 2.45) is 10.7 Å². The Morgan fingerprint density at radius 3 is 2.11 bits per heavy atom. The molecule has 0 saturated heterocycles. The zero-order chi connectivity index (χ0) is 33.8. The number of rotatable bonds is 14. The molecule has 0 unspecified atom stereocenters. The van der Waals surface area contributed by atoms with Crippen molar-refractivity contribution in [1.82, 2.24) is 26.6 Å². The van der Waals surface area contributed by atoms with Crippen LogP contribution >= 0.6 is 0 Å². The van der Waals surface area contributed by atoms with Gasteiger partial charge in [0.25, 0.3) is 0 Å². The lowest BCUT2D eigenvalue weighted by atomic mass is 9.98. The first-order valence-corrected chi connectivity index (χ1v) is 15.7. The van der Waals surface area contributed by atoms with Gasteiger partial charge in [0.05, 0.1) is 0 Å². The molecule has 0 fully saturated rings. The lowest BCUT2D eigenvalue weighted by Gasteiger charge is -2.25. The van der Waals surface area contributed by atoms with Crippen molar-refractivity contribution in [2.75, 3.05) is 20.6 Å². The summed E-state index contributed by atoms with van der Waals surface area (Å²) >= 11 is 0. The van der Waals surface area contributed by atoms with E-state index in [1.807, 2.05) is 84.9 Å². The predicted molar refractivity (Wildman–Crippen MR) is 186 cm³/mol. The number of hydrogen-bond donors (Lipinski definition) is 6. The second-order valence-electron chi connectivity index (χ2n) is 11.4. The minimum Gasteiger partial charge on any atom is -0.368 e. The van der Waals surface area contributed by atoms with E-state index < -0.39 is 35.8 Å². The largest absolute Gasteiger partial charge is 0.368 e. The van der Waals surface area contributed by atoms with Crippen LogP contribution in [0.3, 0.4) is 0 Å². The molecule has 11 heteroatoms. The molecule has 7 N–H and O–H groups in total. The van der Waals surface area contributed by atoms with Gasteiger partial charge in [-0.2, -0.15) is 0 Å². The van der Waals surface area contributed by atoms with Gasteiger partial charge in [0.2, 0.25) is 23.6 Å². The standard InChI is InChI=1S/C36H43N7O4/c1-23(44)41-32(22-28-14-8-13-26-11-6-7-15-29(26)28)35(47)42-30(16-9-19-40-36(38-2)39-3)34(46)43-31(33(37)45)21-24-17-18-25-10-4-5-12-27(25)20-24/h4-8,10-15,17-18,20,30-32H,9,16,19,21-22H2,1-3H3,(H2,37,45)(H,41,44)(H,42,47)(H,43,46)(H2,38,39,40)/t30-,31+,32+/m0/s1. The lowest BCUT2D eigenvalue weighted by Crippen LogP contribution is -2.57. The molecule has 3 atom stereocenters. The summed E-state index contributed by atoms with van der Waals surface area (Å²) in [5.74, 6) is -1.55. The topological polar surface area (TPSA) is 167 Å². The minimum absolute atomic E-state index is 0.183. The summed E-state index contributed by atoms with van der Waals surface area (Å²) in [5.41, 5.74) is 7.46. The Morgan fingerprint density at radius 1 is 0.745 bits per heavy atom. The van der Waals surface area contributed by atoms with Crippen LogP contribution in [0.2, 0.25) is 0 Å². The third kappa shape index (κ3) is 9.77. The van der Waals surface area contributed by atoms with E-state index in [1.54, 1.807) is 14.1 Å². The number of nitrogens with one attached hydrogen (secondary N) is 5. The van der Waals surface area contributed by atoms with E-state index in [4.69, 9.17) is 5.73 Å². The van der Waals surface area contributed by atoms with E-state index in [-0.39, 0.29) is 25.2 Å². The van der Waals surface area contributed by atoms with E-state index in [9.17, 15) is 19.2 Å². The Balaban J connectivity index is 1.53. The molecule has 0 aromatic heterocycles. The molecule has 4 aromatic rings. The van der Waals surface area contributed by atoms with Gasteiger partial charge in [0.15, 0.2) is 5.96 Å². The number of aliphatic imine (C=N–C) groups is 1. The highest BCUT2D eigenvalue weighted by Crippen LogP contribution is 2.20. The molecule has 0 radical (unpaired) electrons. The highest BCUT2D eigenvalue weighted by Gasteiger charge is 2.29. The van der Waals surface area contributed by atoms with Gasteiger partial charge in [-0.1, -0.05) is 84.9 Å². The Bertz CT molecular complexity index is 1750. The van der Waals surface area contributed by atoms with E-state index in [2.05, 4.69) is 31.6 Å². The average Bonchev–Trinajstić information content (AvgIpc) is 3.06. The molecule has 4 rings (SSSR count). The van der Waals surface area contributed by atoms with Crippen molar-refractivity contribution >= 4 is 51.1 Å². The molecule has 0 aliphatic carbocycles. The van der Waals surface area contributed by atoms with Crippen LogP contribution in [-0.4, -0.2) is 68.4 Å². The van der Waals surface area contributed by atoms with Gasteiger partial charge >= 0.3 is 0 Å². The Hall–Kier alpha value is -5.45. The highest BCUT2D eigenvalue weighted by atomic mass is 16.2. The summed E-state index contributed by atoms with van der Waals surface area (Å²) in [7, 11) is 3.39.